The van der Waals surface area contributed by atoms with Gasteiger partial charge in [0, 0.05) is 29.0 Å². The molecule has 10 nitrogen and oxygen atoms in total. The van der Waals surface area contributed by atoms with Gasteiger partial charge < -0.3 is 4.74 Å². The Morgan fingerprint density at radius 3 is 2.38 bits per heavy atom. The number of aromatic nitrogens is 2. The van der Waals surface area contributed by atoms with E-state index >= 15 is 0 Å². The summed E-state index contributed by atoms with van der Waals surface area (Å²) in [6.45, 7) is 3.49. The maximum absolute atomic E-state index is 13.8. The molecule has 0 unspecified atom stereocenters. The number of rotatable bonds is 7. The Hall–Kier alpha value is -5.82. The van der Waals surface area contributed by atoms with Gasteiger partial charge >= 0.3 is 5.69 Å². The van der Waals surface area contributed by atoms with Gasteiger partial charge in [-0.05, 0) is 55.3 Å². The Morgan fingerprint density at radius 2 is 1.74 bits per heavy atom. The third kappa shape index (κ3) is 5.19. The number of methoxy groups -OCH3 is 1. The van der Waals surface area contributed by atoms with Gasteiger partial charge in [0.25, 0.3) is 11.8 Å². The molecule has 0 aliphatic carbocycles. The highest BCUT2D eigenvalue weighted by Gasteiger charge is 2.36. The van der Waals surface area contributed by atoms with Gasteiger partial charge in [0.2, 0.25) is 0 Å². The van der Waals surface area contributed by atoms with E-state index < -0.39 is 16.7 Å². The molecule has 1 aromatic heterocycles. The second kappa shape index (κ2) is 11.3. The molecule has 1 aliphatic rings. The van der Waals surface area contributed by atoms with Crippen LogP contribution in [0.15, 0.2) is 95.7 Å². The SMILES string of the molecule is COc1ccc(-c2nn(-c3ccccc3)cc2/C=C2/C(=O)N(Cc3ccc(C)cc3)C(=O)C(C#N)=C2C)cc1[N+](=O)[O-]. The number of nitriles is 1. The standard InChI is InChI=1S/C32H25N5O5/c1-20-9-11-22(12-10-20)18-35-31(38)26(21(2)27(17-33)32(35)39)15-24-19-36(25-7-5-4-6-8-25)34-30(24)23-13-14-29(42-3)28(16-23)37(40)41/h4-16,19H,18H2,1-3H3/b26-15+. The van der Waals surface area contributed by atoms with Gasteiger partial charge in [0.05, 0.1) is 24.3 Å². The summed E-state index contributed by atoms with van der Waals surface area (Å²) in [6.07, 6.45) is 3.27. The number of aryl methyl sites for hydroxylation is 1. The van der Waals surface area contributed by atoms with Crippen LogP contribution in [0.3, 0.4) is 0 Å². The summed E-state index contributed by atoms with van der Waals surface area (Å²) in [4.78, 5) is 39.3. The highest BCUT2D eigenvalue weighted by molar-refractivity contribution is 6.19. The lowest BCUT2D eigenvalue weighted by atomic mass is 9.93. The van der Waals surface area contributed by atoms with E-state index in [1.165, 1.54) is 19.2 Å². The van der Waals surface area contributed by atoms with Crippen LogP contribution in [0, 0.1) is 28.4 Å². The van der Waals surface area contributed by atoms with Crippen molar-refractivity contribution in [1.29, 1.82) is 5.26 Å². The zero-order valence-corrected chi connectivity index (χ0v) is 23.1. The van der Waals surface area contributed by atoms with E-state index in [1.807, 2.05) is 67.6 Å². The van der Waals surface area contributed by atoms with Gasteiger partial charge in [0.15, 0.2) is 5.75 Å². The van der Waals surface area contributed by atoms with Crippen LogP contribution in [-0.2, 0) is 16.1 Å². The van der Waals surface area contributed by atoms with Gasteiger partial charge in [-0.15, -0.1) is 0 Å². The number of carbonyl (C=O) groups is 2. The molecule has 2 amide bonds. The second-order valence-electron chi connectivity index (χ2n) is 9.71. The molecule has 0 saturated carbocycles. The van der Waals surface area contributed by atoms with E-state index in [-0.39, 0.29) is 34.7 Å². The third-order valence-corrected chi connectivity index (χ3v) is 7.00. The molecule has 3 aromatic carbocycles. The number of benzene rings is 3. The number of ether oxygens (including phenoxy) is 1. The molecule has 1 aliphatic heterocycles. The molecule has 0 spiro atoms. The Kier molecular flexibility index (Phi) is 7.49. The van der Waals surface area contributed by atoms with Gasteiger partial charge in [-0.25, -0.2) is 4.68 Å². The van der Waals surface area contributed by atoms with E-state index in [0.29, 0.717) is 16.8 Å². The highest BCUT2D eigenvalue weighted by atomic mass is 16.6. The van der Waals surface area contributed by atoms with Crippen LogP contribution in [0.1, 0.15) is 23.6 Å². The van der Waals surface area contributed by atoms with Crippen LogP contribution < -0.4 is 4.74 Å². The van der Waals surface area contributed by atoms with Crippen LogP contribution in [0.5, 0.6) is 5.75 Å². The maximum Gasteiger partial charge on any atom is 0.311 e. The Morgan fingerprint density at radius 1 is 1.02 bits per heavy atom. The molecule has 208 valence electrons. The van der Waals surface area contributed by atoms with Crippen LogP contribution in [0.4, 0.5) is 5.69 Å². The number of hydrogen-bond acceptors (Lipinski definition) is 7. The van der Waals surface area contributed by atoms with Crippen molar-refractivity contribution < 1.29 is 19.2 Å². The predicted molar refractivity (Wildman–Crippen MR) is 155 cm³/mol. The van der Waals surface area contributed by atoms with Gasteiger partial charge in [-0.1, -0.05) is 48.0 Å². The molecule has 0 radical (unpaired) electrons. The van der Waals surface area contributed by atoms with Crippen molar-refractivity contribution in [3.05, 3.63) is 123 Å². The summed E-state index contributed by atoms with van der Waals surface area (Å²) in [5, 5.41) is 26.3. The average Bonchev–Trinajstić information content (AvgIpc) is 3.42. The smallest absolute Gasteiger partial charge is 0.311 e. The third-order valence-electron chi connectivity index (χ3n) is 7.00. The van der Waals surface area contributed by atoms with Crippen molar-refractivity contribution in [3.63, 3.8) is 0 Å². The Balaban J connectivity index is 1.68. The number of carbonyl (C=O) groups excluding carboxylic acids is 2. The molecule has 0 fully saturated rings. The van der Waals surface area contributed by atoms with Crippen LogP contribution >= 0.6 is 0 Å². The first kappa shape index (κ1) is 27.7. The molecule has 2 heterocycles. The van der Waals surface area contributed by atoms with Crippen molar-refractivity contribution in [2.24, 2.45) is 0 Å². The number of nitrogens with zero attached hydrogens (tertiary/aromatic N) is 5. The minimum atomic E-state index is -0.663. The summed E-state index contributed by atoms with van der Waals surface area (Å²) in [5.74, 6) is -1.13. The molecule has 0 saturated heterocycles. The monoisotopic (exact) mass is 559 g/mol. The first-order chi connectivity index (χ1) is 20.2. The van der Waals surface area contributed by atoms with E-state index in [4.69, 9.17) is 9.84 Å². The second-order valence-corrected chi connectivity index (χ2v) is 9.71. The van der Waals surface area contributed by atoms with E-state index in [2.05, 4.69) is 0 Å². The molecule has 0 N–H and O–H groups in total. The number of para-hydroxylation sites is 1. The van der Waals surface area contributed by atoms with E-state index in [0.717, 1.165) is 21.7 Å². The lowest BCUT2D eigenvalue weighted by molar-refractivity contribution is -0.385. The summed E-state index contributed by atoms with van der Waals surface area (Å²) in [5.41, 5.74) is 3.75. The summed E-state index contributed by atoms with van der Waals surface area (Å²) < 4.78 is 6.76. The van der Waals surface area contributed by atoms with Gasteiger partial charge in [-0.2, -0.15) is 10.4 Å². The highest BCUT2D eigenvalue weighted by Crippen LogP contribution is 2.35. The fraction of sp³-hybridized carbons (Fsp3) is 0.125. The molecule has 10 heteroatoms. The molecule has 5 rings (SSSR count). The summed E-state index contributed by atoms with van der Waals surface area (Å²) in [7, 11) is 1.35. The molecular weight excluding hydrogens is 534 g/mol. The lowest BCUT2D eigenvalue weighted by Gasteiger charge is -2.27. The molecular formula is C32H25N5O5. The lowest BCUT2D eigenvalue weighted by Crippen LogP contribution is -2.42. The fourth-order valence-corrected chi connectivity index (χ4v) is 4.72. The van der Waals surface area contributed by atoms with Crippen molar-refractivity contribution in [2.45, 2.75) is 20.4 Å². The molecule has 4 aromatic rings. The minimum Gasteiger partial charge on any atom is -0.490 e. The zero-order valence-electron chi connectivity index (χ0n) is 23.1. The van der Waals surface area contributed by atoms with Gasteiger partial charge in [0.1, 0.15) is 17.3 Å². The maximum atomic E-state index is 13.8. The molecule has 0 bridgehead atoms. The number of hydrogen-bond donors (Lipinski definition) is 0. The predicted octanol–water partition coefficient (Wildman–Crippen LogP) is 5.56. The Labute approximate surface area is 241 Å². The Bertz CT molecular complexity index is 1830. The summed E-state index contributed by atoms with van der Waals surface area (Å²) >= 11 is 0. The number of nitro benzene ring substituents is 1. The van der Waals surface area contributed by atoms with Crippen LogP contribution in [-0.4, -0.2) is 38.5 Å². The fourth-order valence-electron chi connectivity index (χ4n) is 4.72. The number of amides is 2. The first-order valence-electron chi connectivity index (χ1n) is 12.9. The topological polar surface area (TPSA) is 131 Å². The average molecular weight is 560 g/mol. The van der Waals surface area contributed by atoms with Gasteiger partial charge in [-0.3, -0.25) is 24.6 Å². The zero-order chi connectivity index (χ0) is 30.0. The first-order valence-corrected chi connectivity index (χ1v) is 12.9. The largest absolute Gasteiger partial charge is 0.490 e. The van der Waals surface area contributed by atoms with Crippen LogP contribution in [0.25, 0.3) is 23.0 Å². The summed E-state index contributed by atoms with van der Waals surface area (Å²) in [6, 6.07) is 23.1. The van der Waals surface area contributed by atoms with Crippen molar-refractivity contribution >= 4 is 23.6 Å². The minimum absolute atomic E-state index is 0.00540. The number of imide groups is 1. The molecule has 42 heavy (non-hydrogen) atoms. The van der Waals surface area contributed by atoms with E-state index in [1.54, 1.807) is 29.9 Å². The van der Waals surface area contributed by atoms with E-state index in [9.17, 15) is 25.0 Å². The van der Waals surface area contributed by atoms with Crippen molar-refractivity contribution in [1.82, 2.24) is 14.7 Å². The van der Waals surface area contributed by atoms with Crippen LogP contribution in [0.2, 0.25) is 0 Å². The quantitative estimate of drug-likeness (QED) is 0.125. The number of nitro groups is 1. The van der Waals surface area contributed by atoms with Crippen molar-refractivity contribution in [2.75, 3.05) is 7.11 Å². The molecule has 0 atom stereocenters. The normalized spacial score (nSPS) is 14.3. The van der Waals surface area contributed by atoms with Crippen molar-refractivity contribution in [3.8, 4) is 28.8 Å².